The minimum absolute atomic E-state index is 0.264. The van der Waals surface area contributed by atoms with Gasteiger partial charge in [-0.05, 0) is 49.1 Å². The molecule has 2 aromatic carbocycles. The molecule has 166 valence electrons. The lowest BCUT2D eigenvalue weighted by atomic mass is 10.1. The molecule has 0 aliphatic carbocycles. The number of likely N-dealkylation sites (N-methyl/N-ethyl adjacent to an activating group) is 1. The summed E-state index contributed by atoms with van der Waals surface area (Å²) in [5.41, 5.74) is 4.88. The van der Waals surface area contributed by atoms with Gasteiger partial charge in [-0.1, -0.05) is 36.4 Å². The van der Waals surface area contributed by atoms with Crippen molar-refractivity contribution in [2.75, 3.05) is 38.1 Å². The molecular formula is C25H35N5O. The zero-order chi connectivity index (χ0) is 22.1. The van der Waals surface area contributed by atoms with E-state index in [-0.39, 0.29) is 5.91 Å². The van der Waals surface area contributed by atoms with Crippen LogP contribution in [0.5, 0.6) is 0 Å². The van der Waals surface area contributed by atoms with Gasteiger partial charge < -0.3 is 20.4 Å². The van der Waals surface area contributed by atoms with Crippen LogP contribution in [0.3, 0.4) is 0 Å². The number of hydrogen-bond acceptors (Lipinski definition) is 3. The summed E-state index contributed by atoms with van der Waals surface area (Å²) in [6.07, 6.45) is 1.66. The molecule has 0 unspecified atom stereocenters. The monoisotopic (exact) mass is 421 g/mol. The molecule has 0 bridgehead atoms. The fourth-order valence-corrected chi connectivity index (χ4v) is 3.94. The number of nitrogens with zero attached hydrogens (tertiary/aromatic N) is 3. The van der Waals surface area contributed by atoms with Gasteiger partial charge >= 0.3 is 0 Å². The Kier molecular flexibility index (Phi) is 8.33. The first kappa shape index (κ1) is 22.7. The van der Waals surface area contributed by atoms with E-state index in [0.29, 0.717) is 19.5 Å². The fraction of sp³-hybridized carbons (Fsp3) is 0.440. The molecule has 1 aliphatic rings. The van der Waals surface area contributed by atoms with E-state index in [9.17, 15) is 4.79 Å². The quantitative estimate of drug-likeness (QED) is 0.482. The molecule has 1 heterocycles. The minimum atomic E-state index is 0.264. The van der Waals surface area contributed by atoms with Crippen LogP contribution in [-0.2, 0) is 17.9 Å². The molecule has 2 aromatic rings. The van der Waals surface area contributed by atoms with Crippen molar-refractivity contribution in [3.63, 3.8) is 0 Å². The molecule has 0 spiro atoms. The first-order valence-corrected chi connectivity index (χ1v) is 11.2. The maximum atomic E-state index is 11.9. The topological polar surface area (TPSA) is 60.0 Å². The van der Waals surface area contributed by atoms with Crippen LogP contribution in [0.15, 0.2) is 53.5 Å². The molecule has 2 N–H and O–H groups in total. The summed E-state index contributed by atoms with van der Waals surface area (Å²) in [7, 11) is 1.79. The van der Waals surface area contributed by atoms with Gasteiger partial charge in [0, 0.05) is 58.4 Å². The van der Waals surface area contributed by atoms with Gasteiger partial charge in [0.05, 0.1) is 0 Å². The second-order valence-corrected chi connectivity index (χ2v) is 8.01. The van der Waals surface area contributed by atoms with E-state index in [2.05, 4.69) is 82.9 Å². The second-order valence-electron chi connectivity index (χ2n) is 8.01. The van der Waals surface area contributed by atoms with Crippen LogP contribution in [0.25, 0.3) is 0 Å². The second kappa shape index (κ2) is 11.4. The van der Waals surface area contributed by atoms with E-state index in [1.54, 1.807) is 7.05 Å². The van der Waals surface area contributed by atoms with Crippen LogP contribution in [-0.4, -0.2) is 50.0 Å². The molecule has 6 heteroatoms. The third-order valence-corrected chi connectivity index (χ3v) is 5.64. The number of amides is 1. The van der Waals surface area contributed by atoms with Crippen molar-refractivity contribution in [1.29, 1.82) is 0 Å². The molecule has 1 saturated heterocycles. The smallest absolute Gasteiger partial charge is 0.222 e. The van der Waals surface area contributed by atoms with Gasteiger partial charge in [0.25, 0.3) is 0 Å². The minimum Gasteiger partial charge on any atom is -0.370 e. The van der Waals surface area contributed by atoms with Crippen molar-refractivity contribution >= 4 is 17.6 Å². The van der Waals surface area contributed by atoms with Crippen LogP contribution in [0.1, 0.15) is 36.5 Å². The van der Waals surface area contributed by atoms with E-state index in [0.717, 1.165) is 38.6 Å². The Morgan fingerprint density at radius 2 is 1.94 bits per heavy atom. The van der Waals surface area contributed by atoms with Gasteiger partial charge in [-0.3, -0.25) is 9.79 Å². The molecule has 0 atom stereocenters. The molecule has 1 amide bonds. The zero-order valence-corrected chi connectivity index (χ0v) is 19.0. The average Bonchev–Trinajstić information content (AvgIpc) is 3.18. The normalized spacial score (nSPS) is 14.1. The number of carbonyl (C=O) groups excluding carboxylic acids is 1. The van der Waals surface area contributed by atoms with Crippen molar-refractivity contribution in [3.8, 4) is 0 Å². The van der Waals surface area contributed by atoms with Crippen molar-refractivity contribution < 1.29 is 4.79 Å². The summed E-state index contributed by atoms with van der Waals surface area (Å²) in [6.45, 7) is 9.23. The van der Waals surface area contributed by atoms with Gasteiger partial charge in [-0.15, -0.1) is 0 Å². The highest BCUT2D eigenvalue weighted by molar-refractivity contribution is 5.79. The largest absolute Gasteiger partial charge is 0.370 e. The Morgan fingerprint density at radius 1 is 1.13 bits per heavy atom. The molecule has 0 radical (unpaired) electrons. The first-order chi connectivity index (χ1) is 15.1. The number of likely N-dealkylation sites (tertiary alicyclic amines) is 1. The zero-order valence-electron chi connectivity index (χ0n) is 19.0. The van der Waals surface area contributed by atoms with Crippen LogP contribution < -0.4 is 15.5 Å². The molecule has 0 aromatic heterocycles. The Labute approximate surface area is 186 Å². The van der Waals surface area contributed by atoms with E-state index in [1.807, 2.05) is 4.90 Å². The molecule has 0 saturated carbocycles. The summed E-state index contributed by atoms with van der Waals surface area (Å²) in [6, 6.07) is 17.0. The summed E-state index contributed by atoms with van der Waals surface area (Å²) in [5.74, 6) is 1.06. The van der Waals surface area contributed by atoms with Crippen LogP contribution >= 0.6 is 0 Å². The Hall–Kier alpha value is -3.02. The number of aliphatic imine (C=N–C) groups is 1. The Morgan fingerprint density at radius 3 is 2.65 bits per heavy atom. The van der Waals surface area contributed by atoms with E-state index in [4.69, 9.17) is 0 Å². The fourth-order valence-electron chi connectivity index (χ4n) is 3.94. The molecule has 1 aliphatic heterocycles. The number of aryl methyl sites for hydroxylation is 1. The van der Waals surface area contributed by atoms with Gasteiger partial charge in [-0.2, -0.15) is 0 Å². The summed E-state index contributed by atoms with van der Waals surface area (Å²) in [4.78, 5) is 20.5. The van der Waals surface area contributed by atoms with E-state index in [1.165, 1.54) is 22.4 Å². The van der Waals surface area contributed by atoms with Crippen LogP contribution in [0.4, 0.5) is 5.69 Å². The summed E-state index contributed by atoms with van der Waals surface area (Å²) in [5, 5.41) is 6.81. The Bertz CT molecular complexity index is 895. The lowest BCUT2D eigenvalue weighted by molar-refractivity contribution is -0.128. The van der Waals surface area contributed by atoms with Crippen LogP contribution in [0.2, 0.25) is 0 Å². The SMILES string of the molecule is CCN(CCNC(=NC)NCc1cccc(CN2CCCC2=O)c1)c1cccc(C)c1. The summed E-state index contributed by atoms with van der Waals surface area (Å²) < 4.78 is 0. The van der Waals surface area contributed by atoms with Gasteiger partial charge in [-0.25, -0.2) is 0 Å². The van der Waals surface area contributed by atoms with E-state index >= 15 is 0 Å². The third-order valence-electron chi connectivity index (χ3n) is 5.64. The third kappa shape index (κ3) is 6.74. The number of benzene rings is 2. The highest BCUT2D eigenvalue weighted by Gasteiger charge is 2.19. The van der Waals surface area contributed by atoms with Crippen molar-refractivity contribution in [1.82, 2.24) is 15.5 Å². The van der Waals surface area contributed by atoms with Crippen molar-refractivity contribution in [2.45, 2.75) is 39.8 Å². The maximum Gasteiger partial charge on any atom is 0.222 e. The van der Waals surface area contributed by atoms with Gasteiger partial charge in [0.2, 0.25) is 5.91 Å². The molecule has 1 fully saturated rings. The predicted octanol–water partition coefficient (Wildman–Crippen LogP) is 3.31. The van der Waals surface area contributed by atoms with Crippen molar-refractivity contribution in [3.05, 3.63) is 65.2 Å². The number of nitrogens with one attached hydrogen (secondary N) is 2. The van der Waals surface area contributed by atoms with Gasteiger partial charge in [0.1, 0.15) is 0 Å². The number of carbonyl (C=O) groups is 1. The lowest BCUT2D eigenvalue weighted by Gasteiger charge is -2.24. The average molecular weight is 422 g/mol. The van der Waals surface area contributed by atoms with Crippen LogP contribution in [0, 0.1) is 6.92 Å². The van der Waals surface area contributed by atoms with E-state index < -0.39 is 0 Å². The Balaban J connectivity index is 1.47. The number of anilines is 1. The number of hydrogen-bond donors (Lipinski definition) is 2. The number of rotatable bonds is 9. The first-order valence-electron chi connectivity index (χ1n) is 11.2. The maximum absolute atomic E-state index is 11.9. The molecule has 31 heavy (non-hydrogen) atoms. The standard InChI is InChI=1S/C25H35N5O/c1-4-29(23-11-5-8-20(2)16-23)15-13-27-25(26-3)28-18-21-9-6-10-22(17-21)19-30-14-7-12-24(30)31/h5-6,8-11,16-17H,4,7,12-15,18-19H2,1-3H3,(H2,26,27,28). The molecule has 6 nitrogen and oxygen atoms in total. The molecule has 3 rings (SSSR count). The highest BCUT2D eigenvalue weighted by Crippen LogP contribution is 2.16. The van der Waals surface area contributed by atoms with Gasteiger partial charge in [0.15, 0.2) is 5.96 Å². The summed E-state index contributed by atoms with van der Waals surface area (Å²) >= 11 is 0. The molecular weight excluding hydrogens is 386 g/mol. The lowest BCUT2D eigenvalue weighted by Crippen LogP contribution is -2.41. The number of guanidine groups is 1. The highest BCUT2D eigenvalue weighted by atomic mass is 16.2. The van der Waals surface area contributed by atoms with Crippen molar-refractivity contribution in [2.24, 2.45) is 4.99 Å². The predicted molar refractivity (Wildman–Crippen MR) is 128 cm³/mol.